The number of benzene rings is 2. The highest BCUT2D eigenvalue weighted by atomic mass is 19.4. The van der Waals surface area contributed by atoms with E-state index in [0.717, 1.165) is 24.3 Å². The molecule has 0 aromatic heterocycles. The van der Waals surface area contributed by atoms with Crippen LogP contribution in [-0.2, 0) is 12.4 Å². The van der Waals surface area contributed by atoms with Gasteiger partial charge in [0.2, 0.25) is 0 Å². The molecule has 0 fully saturated rings. The van der Waals surface area contributed by atoms with E-state index in [0.29, 0.717) is 24.2 Å². The van der Waals surface area contributed by atoms with Gasteiger partial charge in [0.25, 0.3) is 0 Å². The maximum absolute atomic E-state index is 13.1. The number of halogens is 6. The highest BCUT2D eigenvalue weighted by Gasteiger charge is 2.34. The van der Waals surface area contributed by atoms with Gasteiger partial charge in [-0.2, -0.15) is 26.3 Å². The van der Waals surface area contributed by atoms with Gasteiger partial charge in [-0.1, -0.05) is 38.1 Å². The van der Waals surface area contributed by atoms with Crippen LogP contribution in [0.15, 0.2) is 48.5 Å². The zero-order chi connectivity index (χ0) is 20.9. The van der Waals surface area contributed by atoms with Gasteiger partial charge < -0.3 is 10.6 Å². The van der Waals surface area contributed by atoms with Gasteiger partial charge in [-0.3, -0.25) is 0 Å². The van der Waals surface area contributed by atoms with Gasteiger partial charge in [-0.15, -0.1) is 0 Å². The second-order valence-corrected chi connectivity index (χ2v) is 6.32. The monoisotopic (exact) mass is 404 g/mol. The van der Waals surface area contributed by atoms with Crippen LogP contribution in [0.1, 0.15) is 48.2 Å². The SMILES string of the molecule is CCN[C@H](c1cccc(C(F)(F)F)c1)[C@H](NCC)c1cccc(C(F)(F)F)c1. The fraction of sp³-hybridized carbons (Fsp3) is 0.400. The number of hydrogen-bond acceptors (Lipinski definition) is 2. The molecule has 2 rings (SSSR count). The Hall–Kier alpha value is -2.06. The summed E-state index contributed by atoms with van der Waals surface area (Å²) >= 11 is 0. The van der Waals surface area contributed by atoms with Crippen LogP contribution >= 0.6 is 0 Å². The topological polar surface area (TPSA) is 24.1 Å². The molecule has 2 atom stereocenters. The van der Waals surface area contributed by atoms with E-state index in [1.807, 2.05) is 0 Å². The van der Waals surface area contributed by atoms with Crippen molar-refractivity contribution in [1.29, 1.82) is 0 Å². The Labute approximate surface area is 160 Å². The molecule has 0 bridgehead atoms. The number of hydrogen-bond donors (Lipinski definition) is 2. The summed E-state index contributed by atoms with van der Waals surface area (Å²) in [7, 11) is 0. The number of likely N-dealkylation sites (N-methyl/N-ethyl adjacent to an activating group) is 2. The summed E-state index contributed by atoms with van der Waals surface area (Å²) in [6, 6.07) is 8.41. The molecular formula is C20H22F6N2. The standard InChI is InChI=1S/C20H22F6N2/c1-3-27-17(13-7-5-9-15(11-13)19(21,22)23)18(28-4-2)14-8-6-10-16(12-14)20(24,25)26/h5-12,17-18,27-28H,3-4H2,1-2H3/t17-,18-/m1/s1. The molecule has 0 amide bonds. The first-order valence-electron chi connectivity index (χ1n) is 8.89. The third-order valence-electron chi connectivity index (χ3n) is 4.33. The fourth-order valence-corrected chi connectivity index (χ4v) is 3.11. The van der Waals surface area contributed by atoms with Gasteiger partial charge in [-0.05, 0) is 48.5 Å². The van der Waals surface area contributed by atoms with Gasteiger partial charge in [0.05, 0.1) is 23.2 Å². The molecule has 0 heterocycles. The van der Waals surface area contributed by atoms with E-state index in [1.165, 1.54) is 12.1 Å². The van der Waals surface area contributed by atoms with Crippen LogP contribution in [-0.4, -0.2) is 13.1 Å². The summed E-state index contributed by atoms with van der Waals surface area (Å²) in [5.41, 5.74) is -0.903. The summed E-state index contributed by atoms with van der Waals surface area (Å²) in [5.74, 6) is 0. The van der Waals surface area contributed by atoms with Crippen LogP contribution in [0.2, 0.25) is 0 Å². The molecule has 154 valence electrons. The summed E-state index contributed by atoms with van der Waals surface area (Å²) in [5, 5.41) is 6.22. The van der Waals surface area contributed by atoms with Crippen molar-refractivity contribution >= 4 is 0 Å². The van der Waals surface area contributed by atoms with Crippen molar-refractivity contribution < 1.29 is 26.3 Å². The normalized spacial score (nSPS) is 14.7. The molecule has 2 N–H and O–H groups in total. The minimum absolute atomic E-state index is 0.347. The third kappa shape index (κ3) is 5.48. The van der Waals surface area contributed by atoms with Crippen LogP contribution in [0.3, 0.4) is 0 Å². The Kier molecular flexibility index (Phi) is 7.11. The molecule has 2 aromatic carbocycles. The highest BCUT2D eigenvalue weighted by molar-refractivity contribution is 5.34. The summed E-state index contributed by atoms with van der Waals surface area (Å²) in [4.78, 5) is 0. The largest absolute Gasteiger partial charge is 0.416 e. The Morgan fingerprint density at radius 1 is 0.679 bits per heavy atom. The van der Waals surface area contributed by atoms with Crippen molar-refractivity contribution in [3.05, 3.63) is 70.8 Å². The zero-order valence-corrected chi connectivity index (χ0v) is 15.5. The second kappa shape index (κ2) is 8.96. The van der Waals surface area contributed by atoms with E-state index in [-0.39, 0.29) is 0 Å². The van der Waals surface area contributed by atoms with Gasteiger partial charge in [0, 0.05) is 0 Å². The third-order valence-corrected chi connectivity index (χ3v) is 4.33. The van der Waals surface area contributed by atoms with E-state index >= 15 is 0 Å². The lowest BCUT2D eigenvalue weighted by Crippen LogP contribution is -2.35. The molecule has 0 aliphatic rings. The molecule has 0 spiro atoms. The first-order valence-corrected chi connectivity index (χ1v) is 8.89. The molecule has 0 aliphatic carbocycles. The predicted molar refractivity (Wildman–Crippen MR) is 95.7 cm³/mol. The molecule has 2 nitrogen and oxygen atoms in total. The average molecular weight is 404 g/mol. The van der Waals surface area contributed by atoms with Crippen LogP contribution < -0.4 is 10.6 Å². The molecular weight excluding hydrogens is 382 g/mol. The Morgan fingerprint density at radius 3 is 1.32 bits per heavy atom. The Bertz CT molecular complexity index is 704. The minimum Gasteiger partial charge on any atom is -0.309 e. The van der Waals surface area contributed by atoms with E-state index < -0.39 is 35.6 Å². The van der Waals surface area contributed by atoms with Crippen LogP contribution in [0, 0.1) is 0 Å². The molecule has 0 aliphatic heterocycles. The van der Waals surface area contributed by atoms with Crippen molar-refractivity contribution in [2.75, 3.05) is 13.1 Å². The minimum atomic E-state index is -4.50. The Morgan fingerprint density at radius 2 is 1.04 bits per heavy atom. The molecule has 0 unspecified atom stereocenters. The lowest BCUT2D eigenvalue weighted by Gasteiger charge is -2.30. The molecule has 8 heteroatoms. The summed E-state index contributed by atoms with van der Waals surface area (Å²) in [6.07, 6.45) is -9.01. The average Bonchev–Trinajstić information content (AvgIpc) is 2.63. The maximum atomic E-state index is 13.1. The first-order chi connectivity index (χ1) is 13.1. The quantitative estimate of drug-likeness (QED) is 0.577. The van der Waals surface area contributed by atoms with Gasteiger partial charge in [0.1, 0.15) is 0 Å². The molecule has 2 aromatic rings. The summed E-state index contributed by atoms with van der Waals surface area (Å²) < 4.78 is 78.7. The molecule has 0 saturated heterocycles. The van der Waals surface area contributed by atoms with Crippen molar-refractivity contribution in [2.24, 2.45) is 0 Å². The number of rotatable bonds is 7. The molecule has 28 heavy (non-hydrogen) atoms. The first kappa shape index (κ1) is 22.2. The lowest BCUT2D eigenvalue weighted by molar-refractivity contribution is -0.138. The van der Waals surface area contributed by atoms with Crippen molar-refractivity contribution in [2.45, 2.75) is 38.3 Å². The van der Waals surface area contributed by atoms with E-state index in [9.17, 15) is 26.3 Å². The van der Waals surface area contributed by atoms with Crippen molar-refractivity contribution in [3.63, 3.8) is 0 Å². The van der Waals surface area contributed by atoms with Crippen molar-refractivity contribution in [1.82, 2.24) is 10.6 Å². The number of alkyl halides is 6. The van der Waals surface area contributed by atoms with Crippen LogP contribution in [0.5, 0.6) is 0 Å². The van der Waals surface area contributed by atoms with Crippen molar-refractivity contribution in [3.8, 4) is 0 Å². The van der Waals surface area contributed by atoms with Gasteiger partial charge in [0.15, 0.2) is 0 Å². The van der Waals surface area contributed by atoms with Gasteiger partial charge in [-0.25, -0.2) is 0 Å². The second-order valence-electron chi connectivity index (χ2n) is 6.32. The van der Waals surface area contributed by atoms with Crippen LogP contribution in [0.4, 0.5) is 26.3 Å². The van der Waals surface area contributed by atoms with Gasteiger partial charge >= 0.3 is 12.4 Å². The van der Waals surface area contributed by atoms with Crippen LogP contribution in [0.25, 0.3) is 0 Å². The number of nitrogens with one attached hydrogen (secondary N) is 2. The smallest absolute Gasteiger partial charge is 0.309 e. The zero-order valence-electron chi connectivity index (χ0n) is 15.5. The van der Waals surface area contributed by atoms with E-state index in [1.54, 1.807) is 26.0 Å². The lowest BCUT2D eigenvalue weighted by atomic mass is 9.91. The highest BCUT2D eigenvalue weighted by Crippen LogP contribution is 2.36. The van der Waals surface area contributed by atoms with E-state index in [2.05, 4.69) is 10.6 Å². The molecule has 0 saturated carbocycles. The maximum Gasteiger partial charge on any atom is 0.416 e. The fourth-order valence-electron chi connectivity index (χ4n) is 3.11. The van der Waals surface area contributed by atoms with E-state index in [4.69, 9.17) is 0 Å². The molecule has 0 radical (unpaired) electrons. The Balaban J connectivity index is 2.51. The predicted octanol–water partition coefficient (Wildman–Crippen LogP) is 5.73. The summed E-state index contributed by atoms with van der Waals surface area (Å²) in [6.45, 7) is 4.44.